The van der Waals surface area contributed by atoms with Crippen molar-refractivity contribution in [2.45, 2.75) is 19.4 Å². The summed E-state index contributed by atoms with van der Waals surface area (Å²) in [5.74, 6) is 0.354. The van der Waals surface area contributed by atoms with E-state index in [1.165, 1.54) is 12.1 Å². The summed E-state index contributed by atoms with van der Waals surface area (Å²) in [6.07, 6.45) is 0. The fraction of sp³-hybridized carbons (Fsp3) is 0.308. The van der Waals surface area contributed by atoms with Crippen molar-refractivity contribution in [2.24, 2.45) is 0 Å². The Bertz CT molecular complexity index is 630. The molecule has 0 saturated heterocycles. The van der Waals surface area contributed by atoms with Crippen LogP contribution in [0, 0.1) is 0 Å². The average Bonchev–Trinajstić information content (AvgIpc) is 2.30. The van der Waals surface area contributed by atoms with E-state index in [2.05, 4.69) is 22.6 Å². The number of phenols is 1. The van der Waals surface area contributed by atoms with Crippen LogP contribution in [-0.4, -0.2) is 15.1 Å². The largest absolute Gasteiger partial charge is 0.504 e. The summed E-state index contributed by atoms with van der Waals surface area (Å²) in [6, 6.07) is 5.99. The Balaban J connectivity index is 2.51. The molecule has 0 saturated carbocycles. The molecule has 5 heteroatoms. The molecule has 1 aromatic heterocycles. The number of phenolic OH excluding ortho intramolecular Hbond substituents is 1. The van der Waals surface area contributed by atoms with Gasteiger partial charge in [-0.05, 0) is 26.0 Å². The molecular formula is C13H13IO4. The van der Waals surface area contributed by atoms with Gasteiger partial charge in [-0.25, -0.2) is 4.79 Å². The molecule has 0 aliphatic carbocycles. The number of hydrogen-bond donors (Lipinski definition) is 1. The molecule has 0 aliphatic rings. The van der Waals surface area contributed by atoms with E-state index in [0.717, 1.165) is 4.43 Å². The lowest BCUT2D eigenvalue weighted by atomic mass is 10.1. The van der Waals surface area contributed by atoms with Gasteiger partial charge in [-0.2, -0.15) is 0 Å². The van der Waals surface area contributed by atoms with Gasteiger partial charge < -0.3 is 14.3 Å². The lowest BCUT2D eigenvalue weighted by Crippen LogP contribution is -2.29. The van der Waals surface area contributed by atoms with E-state index < -0.39 is 11.2 Å². The summed E-state index contributed by atoms with van der Waals surface area (Å²) in [7, 11) is 0. The van der Waals surface area contributed by atoms with Crippen molar-refractivity contribution in [2.75, 3.05) is 4.43 Å². The van der Waals surface area contributed by atoms with Gasteiger partial charge in [-0.1, -0.05) is 22.6 Å². The standard InChI is InChI=1S/C13H13IO4/c1-13(2,7-14)18-11-6-10-8(5-9(11)15)3-4-12(16)17-10/h3-6,15H,7H2,1-2H3. The Morgan fingerprint density at radius 1 is 1.39 bits per heavy atom. The Kier molecular flexibility index (Phi) is 3.52. The fourth-order valence-corrected chi connectivity index (χ4v) is 1.65. The van der Waals surface area contributed by atoms with Crippen LogP contribution in [0.3, 0.4) is 0 Å². The molecule has 0 fully saturated rings. The summed E-state index contributed by atoms with van der Waals surface area (Å²) in [6.45, 7) is 3.84. The second-order valence-corrected chi connectivity index (χ2v) is 5.37. The molecule has 2 aromatic rings. The van der Waals surface area contributed by atoms with Gasteiger partial charge in [0.25, 0.3) is 0 Å². The molecular weight excluding hydrogens is 347 g/mol. The topological polar surface area (TPSA) is 59.7 Å². The normalized spacial score (nSPS) is 11.7. The Morgan fingerprint density at radius 2 is 2.11 bits per heavy atom. The molecule has 0 unspecified atom stereocenters. The zero-order valence-corrected chi connectivity index (χ0v) is 12.2. The highest BCUT2D eigenvalue weighted by Crippen LogP contribution is 2.33. The Hall–Kier alpha value is -1.24. The summed E-state index contributed by atoms with van der Waals surface area (Å²) >= 11 is 2.21. The van der Waals surface area contributed by atoms with E-state index in [4.69, 9.17) is 9.15 Å². The number of aromatic hydroxyl groups is 1. The molecule has 0 radical (unpaired) electrons. The van der Waals surface area contributed by atoms with Crippen molar-refractivity contribution < 1.29 is 14.3 Å². The number of alkyl halides is 1. The quantitative estimate of drug-likeness (QED) is 0.519. The van der Waals surface area contributed by atoms with Gasteiger partial charge in [-0.15, -0.1) is 0 Å². The second-order valence-electron chi connectivity index (χ2n) is 4.61. The van der Waals surface area contributed by atoms with Gasteiger partial charge in [0.15, 0.2) is 11.5 Å². The van der Waals surface area contributed by atoms with E-state index in [1.807, 2.05) is 13.8 Å². The summed E-state index contributed by atoms with van der Waals surface area (Å²) in [4.78, 5) is 11.1. The number of hydrogen-bond acceptors (Lipinski definition) is 4. The Labute approximate surface area is 118 Å². The van der Waals surface area contributed by atoms with Crippen LogP contribution in [0.1, 0.15) is 13.8 Å². The third-order valence-corrected chi connectivity index (χ3v) is 4.25. The first kappa shape index (κ1) is 13.2. The molecule has 1 heterocycles. The second kappa shape index (κ2) is 4.79. The SMILES string of the molecule is CC(C)(CI)Oc1cc2oc(=O)ccc2cc1O. The number of benzene rings is 1. The van der Waals surface area contributed by atoms with Crippen LogP contribution in [0.25, 0.3) is 11.0 Å². The molecule has 96 valence electrons. The van der Waals surface area contributed by atoms with Crippen molar-refractivity contribution in [1.29, 1.82) is 0 Å². The summed E-state index contributed by atoms with van der Waals surface area (Å²) < 4.78 is 11.5. The average molecular weight is 360 g/mol. The van der Waals surface area contributed by atoms with Crippen molar-refractivity contribution in [3.63, 3.8) is 0 Å². The van der Waals surface area contributed by atoms with Crippen LogP contribution in [0.5, 0.6) is 11.5 Å². The maximum Gasteiger partial charge on any atom is 0.336 e. The summed E-state index contributed by atoms with van der Waals surface area (Å²) in [5, 5.41) is 10.5. The van der Waals surface area contributed by atoms with E-state index >= 15 is 0 Å². The van der Waals surface area contributed by atoms with E-state index in [0.29, 0.717) is 16.7 Å². The van der Waals surface area contributed by atoms with Crippen LogP contribution in [0.15, 0.2) is 33.5 Å². The maximum atomic E-state index is 11.1. The minimum absolute atomic E-state index is 0.0364. The van der Waals surface area contributed by atoms with Crippen LogP contribution < -0.4 is 10.4 Å². The van der Waals surface area contributed by atoms with Crippen molar-refractivity contribution in [3.05, 3.63) is 34.7 Å². The number of fused-ring (bicyclic) bond motifs is 1. The van der Waals surface area contributed by atoms with Gasteiger partial charge in [-0.3, -0.25) is 0 Å². The minimum atomic E-state index is -0.424. The maximum absolute atomic E-state index is 11.1. The number of halogens is 1. The first-order valence-electron chi connectivity index (χ1n) is 5.43. The highest BCUT2D eigenvalue weighted by molar-refractivity contribution is 14.1. The molecule has 0 atom stereocenters. The van der Waals surface area contributed by atoms with Gasteiger partial charge in [0.05, 0.1) is 0 Å². The smallest absolute Gasteiger partial charge is 0.336 e. The molecule has 1 aromatic carbocycles. The third kappa shape index (κ3) is 2.77. The first-order valence-corrected chi connectivity index (χ1v) is 6.96. The van der Waals surface area contributed by atoms with E-state index in [9.17, 15) is 9.90 Å². The Morgan fingerprint density at radius 3 is 2.78 bits per heavy atom. The highest BCUT2D eigenvalue weighted by Gasteiger charge is 2.20. The molecule has 0 aliphatic heterocycles. The predicted molar refractivity (Wildman–Crippen MR) is 77.7 cm³/mol. The van der Waals surface area contributed by atoms with Gasteiger partial charge >= 0.3 is 5.63 Å². The lowest BCUT2D eigenvalue weighted by Gasteiger charge is -2.24. The number of rotatable bonds is 3. The molecule has 18 heavy (non-hydrogen) atoms. The highest BCUT2D eigenvalue weighted by atomic mass is 127. The first-order chi connectivity index (χ1) is 8.41. The van der Waals surface area contributed by atoms with Crippen LogP contribution in [-0.2, 0) is 0 Å². The monoisotopic (exact) mass is 360 g/mol. The zero-order chi connectivity index (χ0) is 13.3. The van der Waals surface area contributed by atoms with Crippen LogP contribution >= 0.6 is 22.6 Å². The zero-order valence-electron chi connectivity index (χ0n) is 10.1. The molecule has 0 bridgehead atoms. The third-order valence-electron chi connectivity index (χ3n) is 2.41. The van der Waals surface area contributed by atoms with Crippen molar-refractivity contribution >= 4 is 33.6 Å². The molecule has 4 nitrogen and oxygen atoms in total. The van der Waals surface area contributed by atoms with E-state index in [-0.39, 0.29) is 5.75 Å². The van der Waals surface area contributed by atoms with Gasteiger partial charge in [0, 0.05) is 21.9 Å². The molecule has 0 spiro atoms. The summed E-state index contributed by atoms with van der Waals surface area (Å²) in [5.41, 5.74) is -0.423. The molecule has 1 N–H and O–H groups in total. The van der Waals surface area contributed by atoms with Crippen molar-refractivity contribution in [1.82, 2.24) is 0 Å². The van der Waals surface area contributed by atoms with Crippen LogP contribution in [0.2, 0.25) is 0 Å². The van der Waals surface area contributed by atoms with Gasteiger partial charge in [0.1, 0.15) is 11.2 Å². The minimum Gasteiger partial charge on any atom is -0.504 e. The van der Waals surface area contributed by atoms with Crippen LogP contribution in [0.4, 0.5) is 0 Å². The fourth-order valence-electron chi connectivity index (χ4n) is 1.49. The predicted octanol–water partition coefficient (Wildman–Crippen LogP) is 3.09. The van der Waals surface area contributed by atoms with E-state index in [1.54, 1.807) is 12.1 Å². The molecule has 0 amide bonds. The van der Waals surface area contributed by atoms with Gasteiger partial charge in [0.2, 0.25) is 0 Å². The number of ether oxygens (including phenoxy) is 1. The van der Waals surface area contributed by atoms with Crippen molar-refractivity contribution in [3.8, 4) is 11.5 Å². The lowest BCUT2D eigenvalue weighted by molar-refractivity contribution is 0.134. The molecule has 2 rings (SSSR count).